The van der Waals surface area contributed by atoms with Crippen LogP contribution in [-0.2, 0) is 22.6 Å². The molecule has 0 bridgehead atoms. The molecule has 12 heteroatoms. The lowest BCUT2D eigenvalue weighted by Crippen LogP contribution is -2.19. The van der Waals surface area contributed by atoms with E-state index in [0.717, 1.165) is 49.1 Å². The van der Waals surface area contributed by atoms with E-state index in [1.165, 1.54) is 6.07 Å². The molecule has 0 spiro atoms. The highest BCUT2D eigenvalue weighted by Gasteiger charge is 2.39. The molecule has 0 saturated heterocycles. The summed E-state index contributed by atoms with van der Waals surface area (Å²) in [4.78, 5) is 0. The maximum absolute atomic E-state index is 13.4. The maximum Gasteiger partial charge on any atom is 0.435 e. The van der Waals surface area contributed by atoms with Crippen molar-refractivity contribution < 1.29 is 26.7 Å². The molecule has 1 aliphatic carbocycles. The van der Waals surface area contributed by atoms with E-state index in [-0.39, 0.29) is 22.2 Å². The highest BCUT2D eigenvalue weighted by atomic mass is 32.2. The number of halogens is 3. The number of rotatable bonds is 6. The molecule has 0 atom stereocenters. The van der Waals surface area contributed by atoms with Gasteiger partial charge < -0.3 is 10.4 Å². The molecule has 0 unspecified atom stereocenters. The van der Waals surface area contributed by atoms with Crippen molar-refractivity contribution in [1.29, 1.82) is 0 Å². The first-order chi connectivity index (χ1) is 13.6. The van der Waals surface area contributed by atoms with Crippen LogP contribution in [0.4, 0.5) is 19.0 Å². The van der Waals surface area contributed by atoms with Crippen LogP contribution in [0.25, 0.3) is 5.82 Å². The largest absolute Gasteiger partial charge is 0.435 e. The first kappa shape index (κ1) is 21.5. The smallest absolute Gasteiger partial charge is 0.391 e. The third kappa shape index (κ3) is 4.86. The highest BCUT2D eigenvalue weighted by Crippen LogP contribution is 2.36. The number of aliphatic hydroxyl groups excluding tert-OH is 1. The number of nitrogens with zero attached hydrogens (tertiary/aromatic N) is 4. The van der Waals surface area contributed by atoms with E-state index in [4.69, 9.17) is 0 Å². The molecule has 0 aliphatic heterocycles. The summed E-state index contributed by atoms with van der Waals surface area (Å²) in [6, 6.07) is 2.37. The van der Waals surface area contributed by atoms with Gasteiger partial charge in [0.2, 0.25) is 0 Å². The Bertz CT molecular complexity index is 952. The molecule has 2 N–H and O–H groups in total. The molecule has 29 heavy (non-hydrogen) atoms. The van der Waals surface area contributed by atoms with Gasteiger partial charge in [0.1, 0.15) is 5.82 Å². The SMILES string of the molecule is CS(=O)(=O)c1ccc(-n2nc(C(F)(F)F)c(CO)c2NCC2CCCCC2)nn1. The lowest BCUT2D eigenvalue weighted by Gasteiger charge is -2.22. The van der Waals surface area contributed by atoms with Crippen molar-refractivity contribution in [1.82, 2.24) is 20.0 Å². The van der Waals surface area contributed by atoms with E-state index in [0.29, 0.717) is 12.5 Å². The number of aromatic nitrogens is 4. The van der Waals surface area contributed by atoms with Crippen LogP contribution < -0.4 is 5.32 Å². The molecule has 1 fully saturated rings. The van der Waals surface area contributed by atoms with Gasteiger partial charge in [-0.25, -0.2) is 8.42 Å². The predicted molar refractivity (Wildman–Crippen MR) is 98.3 cm³/mol. The van der Waals surface area contributed by atoms with Crippen molar-refractivity contribution in [2.45, 2.75) is 49.9 Å². The number of nitrogens with one attached hydrogen (secondary N) is 1. The predicted octanol–water partition coefficient (Wildman–Crippen LogP) is 2.57. The van der Waals surface area contributed by atoms with E-state index >= 15 is 0 Å². The zero-order chi connectivity index (χ0) is 21.2. The first-order valence-corrected chi connectivity index (χ1v) is 11.1. The van der Waals surface area contributed by atoms with Crippen LogP contribution in [0.1, 0.15) is 43.4 Å². The van der Waals surface area contributed by atoms with Gasteiger partial charge in [-0.3, -0.25) is 0 Å². The summed E-state index contributed by atoms with van der Waals surface area (Å²) in [6.45, 7) is -0.429. The number of hydrogen-bond acceptors (Lipinski definition) is 7. The van der Waals surface area contributed by atoms with E-state index in [9.17, 15) is 26.7 Å². The molecule has 0 aromatic carbocycles. The highest BCUT2D eigenvalue weighted by molar-refractivity contribution is 7.90. The standard InChI is InChI=1S/C17H22F3N5O3S/c1-29(27,28)14-8-7-13(22-23-14)25-16(21-9-11-5-3-2-4-6-11)12(10-26)15(24-25)17(18,19)20/h7-8,11,21,26H,2-6,9-10H2,1H3. The fourth-order valence-electron chi connectivity index (χ4n) is 3.43. The summed E-state index contributed by atoms with van der Waals surface area (Å²) >= 11 is 0. The van der Waals surface area contributed by atoms with E-state index in [1.54, 1.807) is 0 Å². The first-order valence-electron chi connectivity index (χ1n) is 9.19. The van der Waals surface area contributed by atoms with Crippen LogP contribution >= 0.6 is 0 Å². The molecule has 8 nitrogen and oxygen atoms in total. The Morgan fingerprint density at radius 1 is 1.21 bits per heavy atom. The lowest BCUT2D eigenvalue weighted by molar-refractivity contribution is -0.142. The summed E-state index contributed by atoms with van der Waals surface area (Å²) in [6.07, 6.45) is 1.43. The van der Waals surface area contributed by atoms with E-state index < -0.39 is 28.3 Å². The Kier molecular flexibility index (Phi) is 6.13. The van der Waals surface area contributed by atoms with Crippen molar-refractivity contribution in [2.24, 2.45) is 5.92 Å². The third-order valence-electron chi connectivity index (χ3n) is 4.92. The van der Waals surface area contributed by atoms with Crippen LogP contribution in [0.2, 0.25) is 0 Å². The molecule has 0 amide bonds. The minimum absolute atomic E-state index is 0.0215. The quantitative estimate of drug-likeness (QED) is 0.720. The molecule has 2 aromatic heterocycles. The maximum atomic E-state index is 13.4. The molecule has 1 aliphatic rings. The van der Waals surface area contributed by atoms with Crippen LogP contribution in [0.15, 0.2) is 17.2 Å². The van der Waals surface area contributed by atoms with Gasteiger partial charge in [0.25, 0.3) is 0 Å². The monoisotopic (exact) mass is 433 g/mol. The van der Waals surface area contributed by atoms with Crippen molar-refractivity contribution >= 4 is 15.7 Å². The van der Waals surface area contributed by atoms with Crippen LogP contribution in [-0.4, -0.2) is 46.3 Å². The molecule has 0 radical (unpaired) electrons. The van der Waals surface area contributed by atoms with E-state index in [2.05, 4.69) is 20.6 Å². The molecule has 1 saturated carbocycles. The molecule has 2 heterocycles. The summed E-state index contributed by atoms with van der Waals surface area (Å²) in [5, 5.41) is 23.2. The molecular formula is C17H22F3N5O3S. The van der Waals surface area contributed by atoms with Gasteiger partial charge in [-0.05, 0) is 30.9 Å². The van der Waals surface area contributed by atoms with Crippen molar-refractivity contribution in [2.75, 3.05) is 18.1 Å². The Morgan fingerprint density at radius 2 is 1.90 bits per heavy atom. The van der Waals surface area contributed by atoms with E-state index in [1.807, 2.05) is 0 Å². The Hall–Kier alpha value is -2.21. The minimum Gasteiger partial charge on any atom is -0.391 e. The normalized spacial score (nSPS) is 16.2. The summed E-state index contributed by atoms with van der Waals surface area (Å²) in [5.74, 6) is 0.201. The second kappa shape index (κ2) is 8.27. The van der Waals surface area contributed by atoms with Gasteiger partial charge in [0.05, 0.1) is 12.2 Å². The number of anilines is 1. The van der Waals surface area contributed by atoms with Gasteiger partial charge in [0.15, 0.2) is 26.4 Å². The van der Waals surface area contributed by atoms with Crippen LogP contribution in [0.3, 0.4) is 0 Å². The fourth-order valence-corrected chi connectivity index (χ4v) is 3.94. The third-order valence-corrected chi connectivity index (χ3v) is 5.89. The number of aliphatic hydroxyl groups is 1. The zero-order valence-corrected chi connectivity index (χ0v) is 16.6. The van der Waals surface area contributed by atoms with Gasteiger partial charge >= 0.3 is 6.18 Å². The Balaban J connectivity index is 2.00. The Morgan fingerprint density at radius 3 is 2.41 bits per heavy atom. The summed E-state index contributed by atoms with van der Waals surface area (Å²) in [5.41, 5.74) is -1.61. The van der Waals surface area contributed by atoms with Gasteiger partial charge in [-0.1, -0.05) is 19.3 Å². The average molecular weight is 433 g/mol. The lowest BCUT2D eigenvalue weighted by atomic mass is 9.89. The van der Waals surface area contributed by atoms with Crippen molar-refractivity contribution in [3.8, 4) is 5.82 Å². The zero-order valence-electron chi connectivity index (χ0n) is 15.8. The van der Waals surface area contributed by atoms with Gasteiger partial charge in [0, 0.05) is 12.8 Å². The topological polar surface area (TPSA) is 110 Å². The molecule has 2 aromatic rings. The van der Waals surface area contributed by atoms with Crippen LogP contribution in [0.5, 0.6) is 0 Å². The average Bonchev–Trinajstić information content (AvgIpc) is 3.05. The second-order valence-electron chi connectivity index (χ2n) is 7.13. The molecular weight excluding hydrogens is 411 g/mol. The number of sulfone groups is 1. The number of alkyl halides is 3. The fraction of sp³-hybridized carbons (Fsp3) is 0.588. The van der Waals surface area contributed by atoms with Crippen molar-refractivity contribution in [3.63, 3.8) is 0 Å². The number of hydrogen-bond donors (Lipinski definition) is 2. The summed E-state index contributed by atoms with van der Waals surface area (Å²) in [7, 11) is -3.61. The molecule has 160 valence electrons. The van der Waals surface area contributed by atoms with Crippen LogP contribution in [0, 0.1) is 5.92 Å². The molecule has 3 rings (SSSR count). The van der Waals surface area contributed by atoms with Crippen molar-refractivity contribution in [3.05, 3.63) is 23.4 Å². The van der Waals surface area contributed by atoms with Gasteiger partial charge in [-0.2, -0.15) is 23.0 Å². The second-order valence-corrected chi connectivity index (χ2v) is 9.09. The summed E-state index contributed by atoms with van der Waals surface area (Å²) < 4.78 is 64.3. The van der Waals surface area contributed by atoms with Gasteiger partial charge in [-0.15, -0.1) is 10.2 Å². The minimum atomic E-state index is -4.77. The Labute approximate surface area is 166 Å².